The molecule has 1 heterocycles. The smallest absolute Gasteiger partial charge is 0.164 e. The Hall–Kier alpha value is -3.05. The summed E-state index contributed by atoms with van der Waals surface area (Å²) in [5.74, 6) is 2.18. The molecule has 28 heavy (non-hydrogen) atoms. The number of hydrogen-bond acceptors (Lipinski definition) is 5. The van der Waals surface area contributed by atoms with Gasteiger partial charge in [0.25, 0.3) is 0 Å². The Kier molecular flexibility index (Phi) is 6.87. The van der Waals surface area contributed by atoms with Gasteiger partial charge in [-0.25, -0.2) is 0 Å². The second-order valence-corrected chi connectivity index (χ2v) is 6.34. The van der Waals surface area contributed by atoms with Crippen molar-refractivity contribution in [3.63, 3.8) is 0 Å². The van der Waals surface area contributed by atoms with E-state index in [-0.39, 0.29) is 0 Å². The highest BCUT2D eigenvalue weighted by Crippen LogP contribution is 2.34. The van der Waals surface area contributed by atoms with Crippen LogP contribution in [-0.2, 0) is 13.0 Å². The maximum Gasteiger partial charge on any atom is 0.164 e. The van der Waals surface area contributed by atoms with Crippen molar-refractivity contribution in [3.8, 4) is 28.4 Å². The monoisotopic (exact) mass is 378 g/mol. The molecule has 2 aromatic carbocycles. The van der Waals surface area contributed by atoms with Crippen LogP contribution in [0.1, 0.15) is 11.1 Å². The first-order chi connectivity index (χ1) is 13.8. The zero-order chi connectivity index (χ0) is 19.8. The molecule has 5 heteroatoms. The number of aromatic nitrogens is 1. The molecule has 3 aromatic rings. The van der Waals surface area contributed by atoms with Crippen molar-refractivity contribution in [2.45, 2.75) is 13.0 Å². The summed E-state index contributed by atoms with van der Waals surface area (Å²) in [6, 6.07) is 16.3. The Morgan fingerprint density at radius 2 is 1.57 bits per heavy atom. The zero-order valence-electron chi connectivity index (χ0n) is 16.6. The maximum absolute atomic E-state index is 5.51. The number of benzene rings is 2. The number of rotatable bonds is 9. The number of nitrogens with zero attached hydrogens (tertiary/aromatic N) is 1. The Morgan fingerprint density at radius 1 is 0.821 bits per heavy atom. The highest BCUT2D eigenvalue weighted by molar-refractivity contribution is 5.66. The van der Waals surface area contributed by atoms with Crippen molar-refractivity contribution in [2.24, 2.45) is 0 Å². The summed E-state index contributed by atoms with van der Waals surface area (Å²) < 4.78 is 16.3. The molecule has 0 amide bonds. The number of pyridine rings is 1. The topological polar surface area (TPSA) is 52.6 Å². The molecule has 3 rings (SSSR count). The lowest BCUT2D eigenvalue weighted by Crippen LogP contribution is -2.17. The predicted molar refractivity (Wildman–Crippen MR) is 111 cm³/mol. The molecule has 146 valence electrons. The van der Waals surface area contributed by atoms with Crippen molar-refractivity contribution in [3.05, 3.63) is 72.1 Å². The minimum Gasteiger partial charge on any atom is -0.496 e. The Morgan fingerprint density at radius 3 is 2.29 bits per heavy atom. The van der Waals surface area contributed by atoms with Gasteiger partial charge in [0.15, 0.2) is 11.5 Å². The first-order valence-electron chi connectivity index (χ1n) is 9.24. The molecule has 0 spiro atoms. The highest BCUT2D eigenvalue weighted by atomic mass is 16.5. The van der Waals surface area contributed by atoms with Gasteiger partial charge in [0.2, 0.25) is 0 Å². The predicted octanol–water partition coefficient (Wildman–Crippen LogP) is 4.11. The van der Waals surface area contributed by atoms with E-state index >= 15 is 0 Å². The fraction of sp³-hybridized carbons (Fsp3) is 0.261. The average molecular weight is 378 g/mol. The highest BCUT2D eigenvalue weighted by Gasteiger charge is 2.12. The van der Waals surface area contributed by atoms with Gasteiger partial charge in [-0.05, 0) is 41.8 Å². The second kappa shape index (κ2) is 9.76. The largest absolute Gasteiger partial charge is 0.496 e. The van der Waals surface area contributed by atoms with E-state index in [2.05, 4.69) is 40.6 Å². The first-order valence-corrected chi connectivity index (χ1v) is 9.24. The average Bonchev–Trinajstić information content (AvgIpc) is 2.77. The summed E-state index contributed by atoms with van der Waals surface area (Å²) in [5, 5.41) is 3.53. The first kappa shape index (κ1) is 19.7. The third kappa shape index (κ3) is 4.61. The lowest BCUT2D eigenvalue weighted by atomic mass is 10.0. The van der Waals surface area contributed by atoms with E-state index in [4.69, 9.17) is 14.2 Å². The molecule has 0 saturated carbocycles. The van der Waals surface area contributed by atoms with Crippen LogP contribution >= 0.6 is 0 Å². The summed E-state index contributed by atoms with van der Waals surface area (Å²) in [7, 11) is 4.93. The van der Waals surface area contributed by atoms with Crippen LogP contribution in [0.4, 0.5) is 0 Å². The van der Waals surface area contributed by atoms with E-state index in [0.717, 1.165) is 36.4 Å². The molecular formula is C23H26N2O3. The molecule has 0 bridgehead atoms. The van der Waals surface area contributed by atoms with Gasteiger partial charge in [0.05, 0.1) is 21.3 Å². The quantitative estimate of drug-likeness (QED) is 0.568. The minimum atomic E-state index is 0.668. The Labute approximate surface area is 166 Å². The Balaban J connectivity index is 1.66. The van der Waals surface area contributed by atoms with Gasteiger partial charge in [-0.3, -0.25) is 4.98 Å². The van der Waals surface area contributed by atoms with E-state index < -0.39 is 0 Å². The molecule has 0 aliphatic rings. The number of hydrogen-bond donors (Lipinski definition) is 1. The number of nitrogens with one attached hydrogen (secondary N) is 1. The van der Waals surface area contributed by atoms with Gasteiger partial charge < -0.3 is 19.5 Å². The van der Waals surface area contributed by atoms with Crippen molar-refractivity contribution in [1.82, 2.24) is 10.3 Å². The van der Waals surface area contributed by atoms with E-state index in [1.54, 1.807) is 27.5 Å². The van der Waals surface area contributed by atoms with E-state index in [1.807, 2.05) is 24.4 Å². The molecule has 0 fully saturated rings. The van der Waals surface area contributed by atoms with Gasteiger partial charge in [0, 0.05) is 30.6 Å². The summed E-state index contributed by atoms with van der Waals surface area (Å²) in [5.41, 5.74) is 4.65. The van der Waals surface area contributed by atoms with E-state index in [1.165, 1.54) is 11.1 Å². The standard InChI is InChI=1S/C23H26N2O3/c1-26-21-14-23(28-3)22(27-2)13-17(21)10-12-25-16-18-7-4-5-9-20(18)19-8-6-11-24-15-19/h4-9,11,13-15,25H,10,12,16H2,1-3H3. The van der Waals surface area contributed by atoms with Crippen molar-refractivity contribution < 1.29 is 14.2 Å². The minimum absolute atomic E-state index is 0.668. The molecule has 1 N–H and O–H groups in total. The van der Waals surface area contributed by atoms with Gasteiger partial charge in [0.1, 0.15) is 5.75 Å². The van der Waals surface area contributed by atoms with Gasteiger partial charge >= 0.3 is 0 Å². The molecule has 0 saturated heterocycles. The van der Waals surface area contributed by atoms with Crippen LogP contribution in [0.3, 0.4) is 0 Å². The fourth-order valence-corrected chi connectivity index (χ4v) is 3.21. The SMILES string of the molecule is COc1cc(OC)c(OC)cc1CCNCc1ccccc1-c1cccnc1. The molecule has 0 aliphatic carbocycles. The summed E-state index contributed by atoms with van der Waals surface area (Å²) in [4.78, 5) is 4.23. The molecule has 0 unspecified atom stereocenters. The fourth-order valence-electron chi connectivity index (χ4n) is 3.21. The normalized spacial score (nSPS) is 10.5. The lowest BCUT2D eigenvalue weighted by Gasteiger charge is -2.15. The molecule has 1 aromatic heterocycles. The lowest BCUT2D eigenvalue weighted by molar-refractivity contribution is 0.347. The summed E-state index contributed by atoms with van der Waals surface area (Å²) in [6.45, 7) is 1.59. The van der Waals surface area contributed by atoms with Crippen LogP contribution in [0, 0.1) is 0 Å². The second-order valence-electron chi connectivity index (χ2n) is 6.34. The van der Waals surface area contributed by atoms with Crippen LogP contribution in [0.15, 0.2) is 60.9 Å². The number of ether oxygens (including phenoxy) is 3. The van der Waals surface area contributed by atoms with Crippen molar-refractivity contribution in [1.29, 1.82) is 0 Å². The molecular weight excluding hydrogens is 352 g/mol. The van der Waals surface area contributed by atoms with Crippen molar-refractivity contribution >= 4 is 0 Å². The van der Waals surface area contributed by atoms with Gasteiger partial charge in [-0.15, -0.1) is 0 Å². The van der Waals surface area contributed by atoms with Gasteiger partial charge in [-0.2, -0.15) is 0 Å². The summed E-state index contributed by atoms with van der Waals surface area (Å²) >= 11 is 0. The van der Waals surface area contributed by atoms with E-state index in [9.17, 15) is 0 Å². The van der Waals surface area contributed by atoms with Crippen LogP contribution < -0.4 is 19.5 Å². The van der Waals surface area contributed by atoms with Crippen LogP contribution in [-0.4, -0.2) is 32.9 Å². The molecule has 5 nitrogen and oxygen atoms in total. The van der Waals surface area contributed by atoms with Gasteiger partial charge in [-0.1, -0.05) is 30.3 Å². The van der Waals surface area contributed by atoms with Crippen LogP contribution in [0.5, 0.6) is 17.2 Å². The van der Waals surface area contributed by atoms with E-state index in [0.29, 0.717) is 11.5 Å². The third-order valence-corrected chi connectivity index (χ3v) is 4.66. The zero-order valence-corrected chi connectivity index (χ0v) is 16.6. The van der Waals surface area contributed by atoms with Crippen molar-refractivity contribution in [2.75, 3.05) is 27.9 Å². The Bertz CT molecular complexity index is 898. The third-order valence-electron chi connectivity index (χ3n) is 4.66. The summed E-state index contributed by atoms with van der Waals surface area (Å²) in [6.07, 6.45) is 4.51. The van der Waals surface area contributed by atoms with Crippen LogP contribution in [0.2, 0.25) is 0 Å². The number of methoxy groups -OCH3 is 3. The molecule has 0 atom stereocenters. The molecule has 0 radical (unpaired) electrons. The molecule has 0 aliphatic heterocycles. The maximum atomic E-state index is 5.51. The van der Waals surface area contributed by atoms with Crippen LogP contribution in [0.25, 0.3) is 11.1 Å².